The maximum atomic E-state index is 4.11. The number of hydrogen-bond donors (Lipinski definition) is 1. The zero-order valence-corrected chi connectivity index (χ0v) is 6.66. The molecular weight excluding hydrogens is 202 g/mol. The minimum atomic E-state index is 0.895. The Kier molecular flexibility index (Phi) is 1.06. The molecule has 0 radical (unpaired) electrons. The second-order valence-electron chi connectivity index (χ2n) is 1.55. The Bertz CT molecular complexity index is 297. The molecular formula is C4H2BrN3S. The van der Waals surface area contributed by atoms with Crippen molar-refractivity contribution in [3.05, 3.63) is 10.1 Å². The van der Waals surface area contributed by atoms with E-state index in [1.165, 1.54) is 0 Å². The van der Waals surface area contributed by atoms with Crippen LogP contribution in [-0.2, 0) is 0 Å². The van der Waals surface area contributed by atoms with Crippen molar-refractivity contribution in [2.24, 2.45) is 0 Å². The van der Waals surface area contributed by atoms with Gasteiger partial charge in [-0.1, -0.05) is 11.3 Å². The third-order valence-electron chi connectivity index (χ3n) is 0.980. The average Bonchev–Trinajstić information content (AvgIpc) is 2.22. The molecule has 0 aliphatic carbocycles. The fourth-order valence-corrected chi connectivity index (χ4v) is 1.91. The number of thiazole rings is 1. The summed E-state index contributed by atoms with van der Waals surface area (Å²) in [6, 6.07) is 0. The molecule has 46 valence electrons. The Labute approximate surface area is 63.2 Å². The molecule has 9 heavy (non-hydrogen) atoms. The van der Waals surface area contributed by atoms with Crippen molar-refractivity contribution in [2.45, 2.75) is 0 Å². The largest absolute Gasteiger partial charge is 0.266 e. The first-order chi connectivity index (χ1) is 4.36. The van der Waals surface area contributed by atoms with Crippen LogP contribution in [0.4, 0.5) is 0 Å². The zero-order valence-electron chi connectivity index (χ0n) is 4.26. The summed E-state index contributed by atoms with van der Waals surface area (Å²) in [6.07, 6.45) is 1.70. The van der Waals surface area contributed by atoms with Crippen LogP contribution in [0.5, 0.6) is 0 Å². The van der Waals surface area contributed by atoms with Gasteiger partial charge >= 0.3 is 0 Å². The van der Waals surface area contributed by atoms with Crippen molar-refractivity contribution < 1.29 is 0 Å². The summed E-state index contributed by atoms with van der Waals surface area (Å²) in [5.41, 5.74) is 0.923. The molecule has 2 heterocycles. The molecule has 0 aliphatic heterocycles. The van der Waals surface area contributed by atoms with Gasteiger partial charge in [0, 0.05) is 0 Å². The van der Waals surface area contributed by atoms with Crippen molar-refractivity contribution in [2.75, 3.05) is 0 Å². The number of rotatable bonds is 0. The number of aromatic nitrogens is 3. The van der Waals surface area contributed by atoms with E-state index in [-0.39, 0.29) is 0 Å². The summed E-state index contributed by atoms with van der Waals surface area (Å²) in [7, 11) is 0. The summed E-state index contributed by atoms with van der Waals surface area (Å²) in [5.74, 6) is 0. The van der Waals surface area contributed by atoms with E-state index >= 15 is 0 Å². The SMILES string of the molecule is Brc1nc2cn[nH]c2s1. The zero-order chi connectivity index (χ0) is 6.27. The van der Waals surface area contributed by atoms with Crippen LogP contribution < -0.4 is 0 Å². The smallest absolute Gasteiger partial charge is 0.161 e. The van der Waals surface area contributed by atoms with Gasteiger partial charge in [-0.3, -0.25) is 5.10 Å². The van der Waals surface area contributed by atoms with E-state index in [1.807, 2.05) is 0 Å². The predicted octanol–water partition coefficient (Wildman–Crippen LogP) is 1.78. The quantitative estimate of drug-likeness (QED) is 0.710. The molecule has 2 rings (SSSR count). The third kappa shape index (κ3) is 0.764. The molecule has 1 N–H and O–H groups in total. The summed E-state index contributed by atoms with van der Waals surface area (Å²) < 4.78 is 0.895. The molecule has 0 atom stereocenters. The van der Waals surface area contributed by atoms with E-state index in [9.17, 15) is 0 Å². The number of aromatic amines is 1. The van der Waals surface area contributed by atoms with E-state index in [0.717, 1.165) is 14.3 Å². The highest BCUT2D eigenvalue weighted by molar-refractivity contribution is 9.11. The van der Waals surface area contributed by atoms with E-state index in [4.69, 9.17) is 0 Å². The van der Waals surface area contributed by atoms with E-state index in [2.05, 4.69) is 31.1 Å². The van der Waals surface area contributed by atoms with Crippen molar-refractivity contribution in [1.82, 2.24) is 15.2 Å². The highest BCUT2D eigenvalue weighted by atomic mass is 79.9. The van der Waals surface area contributed by atoms with Crippen LogP contribution in [0.2, 0.25) is 0 Å². The molecule has 0 aliphatic rings. The van der Waals surface area contributed by atoms with Crippen LogP contribution in [0.25, 0.3) is 10.3 Å². The molecule has 0 bridgehead atoms. The molecule has 0 amide bonds. The van der Waals surface area contributed by atoms with Crippen molar-refractivity contribution in [1.29, 1.82) is 0 Å². The van der Waals surface area contributed by atoms with Gasteiger partial charge in [-0.15, -0.1) is 0 Å². The van der Waals surface area contributed by atoms with Gasteiger partial charge in [0.1, 0.15) is 10.3 Å². The maximum absolute atomic E-state index is 4.11. The van der Waals surface area contributed by atoms with Gasteiger partial charge in [0.2, 0.25) is 0 Å². The average molecular weight is 204 g/mol. The van der Waals surface area contributed by atoms with Gasteiger partial charge in [0.25, 0.3) is 0 Å². The molecule has 0 unspecified atom stereocenters. The second-order valence-corrected chi connectivity index (χ2v) is 3.83. The number of nitrogens with one attached hydrogen (secondary N) is 1. The Morgan fingerprint density at radius 1 is 1.67 bits per heavy atom. The minimum Gasteiger partial charge on any atom is -0.266 e. The molecule has 5 heteroatoms. The topological polar surface area (TPSA) is 41.6 Å². The Morgan fingerprint density at radius 3 is 3.33 bits per heavy atom. The minimum absolute atomic E-state index is 0.895. The molecule has 0 saturated carbocycles. The van der Waals surface area contributed by atoms with Crippen LogP contribution in [0.1, 0.15) is 0 Å². The first kappa shape index (κ1) is 5.37. The van der Waals surface area contributed by atoms with Gasteiger partial charge < -0.3 is 0 Å². The van der Waals surface area contributed by atoms with Crippen molar-refractivity contribution >= 4 is 37.6 Å². The van der Waals surface area contributed by atoms with Crippen LogP contribution in [0, 0.1) is 0 Å². The number of H-pyrrole nitrogens is 1. The normalized spacial score (nSPS) is 10.8. The van der Waals surface area contributed by atoms with Crippen LogP contribution in [0.15, 0.2) is 10.1 Å². The predicted molar refractivity (Wildman–Crippen MR) is 39.5 cm³/mol. The van der Waals surface area contributed by atoms with Crippen LogP contribution in [0.3, 0.4) is 0 Å². The summed E-state index contributed by atoms with van der Waals surface area (Å²) in [6.45, 7) is 0. The molecule has 0 saturated heterocycles. The second kappa shape index (κ2) is 1.78. The molecule has 0 spiro atoms. The first-order valence-electron chi connectivity index (χ1n) is 2.31. The van der Waals surface area contributed by atoms with E-state index in [0.29, 0.717) is 0 Å². The lowest BCUT2D eigenvalue weighted by Gasteiger charge is -1.67. The fraction of sp³-hybridized carbons (Fsp3) is 0. The van der Waals surface area contributed by atoms with Crippen molar-refractivity contribution in [3.8, 4) is 0 Å². The highest BCUT2D eigenvalue weighted by Crippen LogP contribution is 2.22. The Morgan fingerprint density at radius 2 is 2.56 bits per heavy atom. The lowest BCUT2D eigenvalue weighted by molar-refractivity contribution is 1.12. The number of nitrogens with zero attached hydrogens (tertiary/aromatic N) is 2. The summed E-state index contributed by atoms with van der Waals surface area (Å²) >= 11 is 4.81. The maximum Gasteiger partial charge on any atom is 0.161 e. The van der Waals surface area contributed by atoms with Gasteiger partial charge in [-0.2, -0.15) is 5.10 Å². The number of halogens is 1. The van der Waals surface area contributed by atoms with E-state index in [1.54, 1.807) is 17.5 Å². The van der Waals surface area contributed by atoms with Gasteiger partial charge in [0.05, 0.1) is 6.20 Å². The lowest BCUT2D eigenvalue weighted by atomic mass is 10.7. The highest BCUT2D eigenvalue weighted by Gasteiger charge is 1.99. The van der Waals surface area contributed by atoms with Crippen LogP contribution >= 0.6 is 27.3 Å². The van der Waals surface area contributed by atoms with Gasteiger partial charge in [-0.25, -0.2) is 4.98 Å². The monoisotopic (exact) mass is 203 g/mol. The lowest BCUT2D eigenvalue weighted by Crippen LogP contribution is -1.58. The Hall–Kier alpha value is -0.420. The third-order valence-corrected chi connectivity index (χ3v) is 2.41. The fourth-order valence-electron chi connectivity index (χ4n) is 0.624. The van der Waals surface area contributed by atoms with Gasteiger partial charge in [0.15, 0.2) is 3.92 Å². The number of hydrogen-bond acceptors (Lipinski definition) is 3. The molecule has 0 fully saturated rings. The summed E-state index contributed by atoms with van der Waals surface area (Å²) in [5, 5.41) is 6.62. The molecule has 2 aromatic heterocycles. The van der Waals surface area contributed by atoms with E-state index < -0.39 is 0 Å². The van der Waals surface area contributed by atoms with Crippen molar-refractivity contribution in [3.63, 3.8) is 0 Å². The molecule has 3 nitrogen and oxygen atoms in total. The van der Waals surface area contributed by atoms with Crippen LogP contribution in [-0.4, -0.2) is 15.2 Å². The standard InChI is InChI=1S/C4H2BrN3S/c5-4-7-2-1-6-8-3(2)9-4/h1H,(H,6,8). The Balaban J connectivity index is 2.92. The summed E-state index contributed by atoms with van der Waals surface area (Å²) in [4.78, 5) is 5.13. The molecule has 2 aromatic rings. The first-order valence-corrected chi connectivity index (χ1v) is 3.92. The van der Waals surface area contributed by atoms with Gasteiger partial charge in [-0.05, 0) is 15.9 Å². The number of fused-ring (bicyclic) bond motifs is 1. The molecule has 0 aromatic carbocycles.